The van der Waals surface area contributed by atoms with Crippen molar-refractivity contribution in [2.75, 3.05) is 0 Å². The van der Waals surface area contributed by atoms with Crippen molar-refractivity contribution in [3.05, 3.63) is 0 Å². The van der Waals surface area contributed by atoms with Gasteiger partial charge < -0.3 is 0 Å². The van der Waals surface area contributed by atoms with Gasteiger partial charge in [0.25, 0.3) is 0 Å². The Labute approximate surface area is 142 Å². The highest BCUT2D eigenvalue weighted by atomic mass is 31.1. The second kappa shape index (κ2) is 8.18. The van der Waals surface area contributed by atoms with Crippen LogP contribution in [0.25, 0.3) is 0 Å². The van der Waals surface area contributed by atoms with Gasteiger partial charge in [-0.3, -0.25) is 0 Å². The Morgan fingerprint density at radius 1 is 0.458 bits per heavy atom. The Kier molecular flexibility index (Phi) is 6.43. The summed E-state index contributed by atoms with van der Waals surface area (Å²) in [5.41, 5.74) is -0.883. The van der Waals surface area contributed by atoms with Crippen molar-refractivity contribution in [2.24, 2.45) is 0 Å². The normalized spacial score (nSPS) is 43.2. The third-order valence-corrected chi connectivity index (χ3v) is 10.2. The van der Waals surface area contributed by atoms with E-state index in [0.29, 0.717) is 0 Å². The molecule has 0 N–H and O–H groups in total. The molecule has 3 saturated carbocycles. The molecular weight excluding hydrogens is 342 g/mol. The third-order valence-electron chi connectivity index (χ3n) is 6.21. The van der Waals surface area contributed by atoms with Crippen molar-refractivity contribution in [1.82, 2.24) is 0 Å². The quantitative estimate of drug-likeness (QED) is 0.409. The molecule has 0 amide bonds. The summed E-state index contributed by atoms with van der Waals surface area (Å²) in [6.07, 6.45) is -2.11. The summed E-state index contributed by atoms with van der Waals surface area (Å²) in [7, 11) is -1.16. The SMILES string of the molecule is FC1C(F)C(F)C(P(C2CCCCC2)C2CCCCC2)C(F)C1F. The van der Waals surface area contributed by atoms with Gasteiger partial charge in [-0.2, -0.15) is 0 Å². The number of alkyl halides is 5. The van der Waals surface area contributed by atoms with Crippen molar-refractivity contribution < 1.29 is 22.0 Å². The maximum atomic E-state index is 14.7. The summed E-state index contributed by atoms with van der Waals surface area (Å²) in [4.78, 5) is 0. The average Bonchev–Trinajstić information content (AvgIpc) is 2.63. The molecule has 3 aliphatic rings. The Bertz CT molecular complexity index is 363. The number of halogens is 5. The molecule has 0 aromatic carbocycles. The Morgan fingerprint density at radius 3 is 1.17 bits per heavy atom. The van der Waals surface area contributed by atoms with Gasteiger partial charge in [-0.15, -0.1) is 0 Å². The topological polar surface area (TPSA) is 0 Å². The molecule has 0 aromatic rings. The van der Waals surface area contributed by atoms with Crippen molar-refractivity contribution in [1.29, 1.82) is 0 Å². The zero-order chi connectivity index (χ0) is 17.3. The molecule has 140 valence electrons. The van der Waals surface area contributed by atoms with Crippen LogP contribution in [-0.4, -0.2) is 47.8 Å². The van der Waals surface area contributed by atoms with Gasteiger partial charge in [0, 0.05) is 5.66 Å². The highest BCUT2D eigenvalue weighted by Gasteiger charge is 2.57. The molecule has 0 heterocycles. The summed E-state index contributed by atoms with van der Waals surface area (Å²) in [5, 5.41) is 0. The van der Waals surface area contributed by atoms with Gasteiger partial charge in [-0.1, -0.05) is 46.4 Å². The Morgan fingerprint density at radius 2 is 0.792 bits per heavy atom. The highest BCUT2D eigenvalue weighted by molar-refractivity contribution is 7.60. The molecular formula is C18H28F5P. The lowest BCUT2D eigenvalue weighted by molar-refractivity contribution is -0.0475. The molecule has 0 aromatic heterocycles. The van der Waals surface area contributed by atoms with Crippen LogP contribution in [0.1, 0.15) is 64.2 Å². The van der Waals surface area contributed by atoms with Crippen LogP contribution >= 0.6 is 7.92 Å². The molecule has 4 atom stereocenters. The van der Waals surface area contributed by atoms with Gasteiger partial charge in [0.15, 0.2) is 18.5 Å². The summed E-state index contributed by atoms with van der Waals surface area (Å²) < 4.78 is 70.9. The van der Waals surface area contributed by atoms with Crippen LogP contribution < -0.4 is 0 Å². The molecule has 0 saturated heterocycles. The van der Waals surface area contributed by atoms with Gasteiger partial charge in [0.2, 0.25) is 0 Å². The van der Waals surface area contributed by atoms with Gasteiger partial charge in [0.05, 0.1) is 0 Å². The molecule has 0 nitrogen and oxygen atoms in total. The Hall–Kier alpha value is 0.0800. The van der Waals surface area contributed by atoms with E-state index in [1.54, 1.807) is 0 Å². The fourth-order valence-electron chi connectivity index (χ4n) is 4.95. The van der Waals surface area contributed by atoms with Crippen molar-refractivity contribution in [3.63, 3.8) is 0 Å². The van der Waals surface area contributed by atoms with Crippen LogP contribution in [0.15, 0.2) is 0 Å². The molecule has 0 radical (unpaired) electrons. The predicted molar refractivity (Wildman–Crippen MR) is 88.9 cm³/mol. The monoisotopic (exact) mass is 370 g/mol. The average molecular weight is 370 g/mol. The first kappa shape index (κ1) is 18.9. The van der Waals surface area contributed by atoms with E-state index in [9.17, 15) is 22.0 Å². The first-order valence-electron chi connectivity index (χ1n) is 9.50. The minimum Gasteiger partial charge on any atom is -0.243 e. The van der Waals surface area contributed by atoms with Gasteiger partial charge in [-0.25, -0.2) is 22.0 Å². The summed E-state index contributed by atoms with van der Waals surface area (Å²) in [6, 6.07) is 0. The molecule has 3 fully saturated rings. The molecule has 6 heteroatoms. The number of hydrogen-bond acceptors (Lipinski definition) is 0. The molecule has 4 unspecified atom stereocenters. The van der Waals surface area contributed by atoms with Gasteiger partial charge in [0.1, 0.15) is 12.3 Å². The van der Waals surface area contributed by atoms with Crippen LogP contribution in [0.4, 0.5) is 22.0 Å². The standard InChI is InChI=1S/C18H28F5P/c19-13-14(20)16(22)18(17(23)15(13)21)24(11-7-3-1-4-8-11)12-9-5-2-6-10-12/h11-18H,1-10H2. The molecule has 0 aliphatic heterocycles. The van der Waals surface area contributed by atoms with Crippen molar-refractivity contribution >= 4 is 7.92 Å². The van der Waals surface area contributed by atoms with Crippen LogP contribution in [0, 0.1) is 0 Å². The second-order valence-corrected chi connectivity index (χ2v) is 10.7. The van der Waals surface area contributed by atoms with E-state index in [1.807, 2.05) is 0 Å². The summed E-state index contributed by atoms with van der Waals surface area (Å²) in [5.74, 6) is 0. The maximum absolute atomic E-state index is 14.7. The van der Waals surface area contributed by atoms with Crippen molar-refractivity contribution in [3.8, 4) is 0 Å². The first-order chi connectivity index (χ1) is 11.5. The van der Waals surface area contributed by atoms with Crippen molar-refractivity contribution in [2.45, 2.75) is 112 Å². The van der Waals surface area contributed by atoms with E-state index in [4.69, 9.17) is 0 Å². The zero-order valence-electron chi connectivity index (χ0n) is 14.0. The molecule has 0 bridgehead atoms. The van der Waals surface area contributed by atoms with Gasteiger partial charge >= 0.3 is 0 Å². The van der Waals surface area contributed by atoms with Gasteiger partial charge in [-0.05, 0) is 37.0 Å². The fraction of sp³-hybridized carbons (Fsp3) is 1.00. The lowest BCUT2D eigenvalue weighted by Gasteiger charge is -2.48. The molecule has 0 spiro atoms. The molecule has 3 rings (SSSR count). The van der Waals surface area contributed by atoms with Crippen LogP contribution in [0.5, 0.6) is 0 Å². The first-order valence-corrected chi connectivity index (χ1v) is 11.0. The van der Waals surface area contributed by atoms with Crippen LogP contribution in [0.3, 0.4) is 0 Å². The number of rotatable bonds is 3. The smallest absolute Gasteiger partial charge is 0.168 e. The van der Waals surface area contributed by atoms with E-state index in [-0.39, 0.29) is 11.3 Å². The van der Waals surface area contributed by atoms with E-state index in [0.717, 1.165) is 64.2 Å². The Balaban J connectivity index is 1.87. The summed E-state index contributed by atoms with van der Waals surface area (Å²) >= 11 is 0. The zero-order valence-corrected chi connectivity index (χ0v) is 14.9. The van der Waals surface area contributed by atoms with E-state index < -0.39 is 44.4 Å². The number of hydrogen-bond donors (Lipinski definition) is 0. The minimum atomic E-state index is -2.67. The fourth-order valence-corrected chi connectivity index (χ4v) is 9.43. The van der Waals surface area contributed by atoms with E-state index >= 15 is 0 Å². The highest BCUT2D eigenvalue weighted by Crippen LogP contribution is 2.63. The minimum absolute atomic E-state index is 0.189. The maximum Gasteiger partial charge on any atom is 0.168 e. The van der Waals surface area contributed by atoms with Crippen LogP contribution in [0.2, 0.25) is 0 Å². The van der Waals surface area contributed by atoms with E-state index in [1.165, 1.54) is 0 Å². The lowest BCUT2D eigenvalue weighted by atomic mass is 9.91. The summed E-state index contributed by atoms with van der Waals surface area (Å²) in [6.45, 7) is 0. The van der Waals surface area contributed by atoms with E-state index in [2.05, 4.69) is 0 Å². The molecule has 24 heavy (non-hydrogen) atoms. The second-order valence-electron chi connectivity index (χ2n) is 7.74. The predicted octanol–water partition coefficient (Wildman–Crippen LogP) is 6.21. The molecule has 3 aliphatic carbocycles. The largest absolute Gasteiger partial charge is 0.243 e. The lowest BCUT2D eigenvalue weighted by Crippen LogP contribution is -2.57. The van der Waals surface area contributed by atoms with Crippen LogP contribution in [-0.2, 0) is 0 Å². The third kappa shape index (κ3) is 3.62.